The molecule has 1 amide bonds. The van der Waals surface area contributed by atoms with Crippen molar-refractivity contribution in [3.05, 3.63) is 58.0 Å². The van der Waals surface area contributed by atoms with Gasteiger partial charge in [-0.25, -0.2) is 9.37 Å². The van der Waals surface area contributed by atoms with Gasteiger partial charge in [0.15, 0.2) is 5.78 Å². The number of hydrogen-bond donors (Lipinski definition) is 3. The predicted molar refractivity (Wildman–Crippen MR) is 108 cm³/mol. The Morgan fingerprint density at radius 1 is 1.21 bits per heavy atom. The van der Waals surface area contributed by atoms with Crippen molar-refractivity contribution in [1.29, 1.82) is 0 Å². The Balaban J connectivity index is 2.40. The van der Waals surface area contributed by atoms with Crippen LogP contribution < -0.4 is 16.8 Å². The normalized spacial score (nSPS) is 13.1. The molecule has 5 N–H and O–H groups in total. The molecule has 2 rings (SSSR count). The molecular formula is C20H24ClFN4O2. The Morgan fingerprint density at radius 2 is 1.93 bits per heavy atom. The minimum absolute atomic E-state index is 0.0158. The zero-order valence-electron chi connectivity index (χ0n) is 15.8. The minimum Gasteiger partial charge on any atom is -0.384 e. The zero-order valence-corrected chi connectivity index (χ0v) is 16.6. The Labute approximate surface area is 168 Å². The third-order valence-electron chi connectivity index (χ3n) is 4.56. The number of primary amides is 1. The lowest BCUT2D eigenvalue weighted by molar-refractivity contribution is -0.118. The van der Waals surface area contributed by atoms with E-state index in [1.54, 1.807) is 6.07 Å². The molecule has 8 heteroatoms. The summed E-state index contributed by atoms with van der Waals surface area (Å²) in [5.41, 5.74) is 11.1. The molecule has 0 bridgehead atoms. The number of amides is 1. The fraction of sp³-hybridized carbons (Fsp3) is 0.350. The summed E-state index contributed by atoms with van der Waals surface area (Å²) in [7, 11) is 0. The molecule has 2 atom stereocenters. The highest BCUT2D eigenvalue weighted by molar-refractivity contribution is 6.35. The van der Waals surface area contributed by atoms with Crippen LogP contribution in [0, 0.1) is 5.82 Å². The van der Waals surface area contributed by atoms with E-state index >= 15 is 4.39 Å². The van der Waals surface area contributed by atoms with Crippen molar-refractivity contribution >= 4 is 29.1 Å². The number of nitrogens with two attached hydrogens (primary N) is 2. The van der Waals surface area contributed by atoms with E-state index in [-0.39, 0.29) is 34.4 Å². The second kappa shape index (κ2) is 9.61. The molecule has 6 nitrogen and oxygen atoms in total. The number of ketones is 1. The van der Waals surface area contributed by atoms with Crippen molar-refractivity contribution in [2.45, 2.75) is 45.2 Å². The maximum atomic E-state index is 15.3. The molecule has 0 unspecified atom stereocenters. The van der Waals surface area contributed by atoms with Gasteiger partial charge in [0, 0.05) is 35.8 Å². The van der Waals surface area contributed by atoms with Crippen LogP contribution in [0.4, 0.5) is 10.2 Å². The molecule has 0 aliphatic carbocycles. The van der Waals surface area contributed by atoms with Crippen LogP contribution >= 0.6 is 11.6 Å². The van der Waals surface area contributed by atoms with E-state index in [9.17, 15) is 9.59 Å². The molecule has 1 aromatic heterocycles. The van der Waals surface area contributed by atoms with Crippen molar-refractivity contribution in [1.82, 2.24) is 10.3 Å². The Bertz CT molecular complexity index is 858. The van der Waals surface area contributed by atoms with Crippen LogP contribution in [0.1, 0.15) is 60.6 Å². The van der Waals surface area contributed by atoms with Crippen LogP contribution in [0.3, 0.4) is 0 Å². The van der Waals surface area contributed by atoms with Crippen molar-refractivity contribution < 1.29 is 14.0 Å². The summed E-state index contributed by atoms with van der Waals surface area (Å²) in [6.07, 6.45) is 2.63. The number of aromatic nitrogens is 1. The van der Waals surface area contributed by atoms with E-state index in [0.717, 1.165) is 0 Å². The molecular weight excluding hydrogens is 383 g/mol. The van der Waals surface area contributed by atoms with Crippen molar-refractivity contribution in [2.24, 2.45) is 5.73 Å². The number of rotatable bonds is 9. The molecule has 1 aromatic carbocycles. The van der Waals surface area contributed by atoms with Gasteiger partial charge in [0.05, 0.1) is 10.6 Å². The smallest absolute Gasteiger partial charge is 0.218 e. The quantitative estimate of drug-likeness (QED) is 0.553. The zero-order chi connectivity index (χ0) is 20.8. The van der Waals surface area contributed by atoms with E-state index in [1.165, 1.54) is 24.4 Å². The SMILES string of the molecule is CC[C@H](CC(N)=O)N[C@H](CC)c1ccc(Cl)c(C(=O)c2ccc(N)nc2)c1F. The minimum atomic E-state index is -0.692. The van der Waals surface area contributed by atoms with Crippen molar-refractivity contribution in [2.75, 3.05) is 5.73 Å². The maximum Gasteiger partial charge on any atom is 0.218 e. The predicted octanol–water partition coefficient (Wildman–Crippen LogP) is 3.38. The van der Waals surface area contributed by atoms with E-state index in [0.29, 0.717) is 18.4 Å². The lowest BCUT2D eigenvalue weighted by Crippen LogP contribution is -2.36. The molecule has 28 heavy (non-hydrogen) atoms. The molecule has 0 fully saturated rings. The fourth-order valence-electron chi connectivity index (χ4n) is 3.01. The van der Waals surface area contributed by atoms with Crippen LogP contribution in [0.5, 0.6) is 0 Å². The number of hydrogen-bond acceptors (Lipinski definition) is 5. The summed E-state index contributed by atoms with van der Waals surface area (Å²) >= 11 is 6.14. The summed E-state index contributed by atoms with van der Waals surface area (Å²) in [4.78, 5) is 27.9. The van der Waals surface area contributed by atoms with Crippen LogP contribution in [0.25, 0.3) is 0 Å². The number of nitrogen functional groups attached to an aromatic ring is 1. The van der Waals surface area contributed by atoms with E-state index in [2.05, 4.69) is 10.3 Å². The summed E-state index contributed by atoms with van der Waals surface area (Å²) < 4.78 is 15.3. The number of benzene rings is 1. The summed E-state index contributed by atoms with van der Waals surface area (Å²) in [5, 5.41) is 3.27. The number of nitrogens with zero attached hydrogens (tertiary/aromatic N) is 1. The van der Waals surface area contributed by atoms with E-state index in [4.69, 9.17) is 23.1 Å². The highest BCUT2D eigenvalue weighted by Gasteiger charge is 2.25. The molecule has 150 valence electrons. The standard InChI is InChI=1S/C20H24ClFN4O2/c1-3-12(9-17(24)27)26-15(4-2)13-6-7-14(21)18(19(13)22)20(28)11-5-8-16(23)25-10-11/h5-8,10,12,15,26H,3-4,9H2,1-2H3,(H2,23,25)(H2,24,27)/t12-,15-/m1/s1. The number of halogens is 2. The second-order valence-corrected chi connectivity index (χ2v) is 6.94. The lowest BCUT2D eigenvalue weighted by Gasteiger charge is -2.25. The van der Waals surface area contributed by atoms with Gasteiger partial charge in [-0.2, -0.15) is 0 Å². The molecule has 0 radical (unpaired) electrons. The first kappa shape index (κ1) is 21.8. The van der Waals surface area contributed by atoms with Gasteiger partial charge in [-0.15, -0.1) is 0 Å². The average molecular weight is 407 g/mol. The van der Waals surface area contributed by atoms with Gasteiger partial charge >= 0.3 is 0 Å². The maximum absolute atomic E-state index is 15.3. The monoisotopic (exact) mass is 406 g/mol. The van der Waals surface area contributed by atoms with Crippen LogP contribution in [0.2, 0.25) is 5.02 Å². The summed E-state index contributed by atoms with van der Waals surface area (Å²) in [5.74, 6) is -1.44. The van der Waals surface area contributed by atoms with E-state index in [1.807, 2.05) is 13.8 Å². The van der Waals surface area contributed by atoms with Crippen LogP contribution in [0.15, 0.2) is 30.5 Å². The largest absolute Gasteiger partial charge is 0.384 e. The topological polar surface area (TPSA) is 111 Å². The third-order valence-corrected chi connectivity index (χ3v) is 4.87. The van der Waals surface area contributed by atoms with Crippen molar-refractivity contribution in [3.8, 4) is 0 Å². The van der Waals surface area contributed by atoms with Crippen LogP contribution in [-0.2, 0) is 4.79 Å². The number of nitrogens with one attached hydrogen (secondary N) is 1. The number of pyridine rings is 1. The summed E-state index contributed by atoms with van der Waals surface area (Å²) in [6, 6.07) is 5.39. The number of carbonyl (C=O) groups is 2. The van der Waals surface area contributed by atoms with E-state index < -0.39 is 23.5 Å². The number of anilines is 1. The molecule has 0 saturated carbocycles. The molecule has 2 aromatic rings. The summed E-state index contributed by atoms with van der Waals surface area (Å²) in [6.45, 7) is 3.79. The molecule has 0 saturated heterocycles. The Morgan fingerprint density at radius 3 is 2.46 bits per heavy atom. The number of carbonyl (C=O) groups excluding carboxylic acids is 2. The average Bonchev–Trinajstić information content (AvgIpc) is 2.66. The molecule has 0 aliphatic heterocycles. The van der Waals surface area contributed by atoms with Crippen LogP contribution in [-0.4, -0.2) is 22.7 Å². The first-order valence-electron chi connectivity index (χ1n) is 9.06. The first-order valence-corrected chi connectivity index (χ1v) is 9.44. The first-order chi connectivity index (χ1) is 13.3. The molecule has 0 spiro atoms. The van der Waals surface area contributed by atoms with Gasteiger partial charge < -0.3 is 16.8 Å². The lowest BCUT2D eigenvalue weighted by atomic mass is 9.95. The highest BCUT2D eigenvalue weighted by Crippen LogP contribution is 2.30. The van der Waals surface area contributed by atoms with Gasteiger partial charge in [-0.1, -0.05) is 31.5 Å². The Hall–Kier alpha value is -2.51. The fourth-order valence-corrected chi connectivity index (χ4v) is 3.24. The third kappa shape index (κ3) is 5.05. The second-order valence-electron chi connectivity index (χ2n) is 6.53. The molecule has 1 heterocycles. The molecule has 0 aliphatic rings. The van der Waals surface area contributed by atoms with Gasteiger partial charge in [0.25, 0.3) is 0 Å². The van der Waals surface area contributed by atoms with Gasteiger partial charge in [0.1, 0.15) is 11.6 Å². The Kier molecular flexibility index (Phi) is 7.48. The van der Waals surface area contributed by atoms with Gasteiger partial charge in [-0.05, 0) is 31.0 Å². The van der Waals surface area contributed by atoms with Gasteiger partial charge in [0.2, 0.25) is 5.91 Å². The van der Waals surface area contributed by atoms with Gasteiger partial charge in [-0.3, -0.25) is 9.59 Å². The highest BCUT2D eigenvalue weighted by atomic mass is 35.5. The van der Waals surface area contributed by atoms with Crippen molar-refractivity contribution in [3.63, 3.8) is 0 Å².